The lowest BCUT2D eigenvalue weighted by molar-refractivity contribution is -0.131. The molecule has 0 aromatic heterocycles. The first-order valence-corrected chi connectivity index (χ1v) is 14.2. The molecule has 0 aliphatic rings. The third-order valence-corrected chi connectivity index (χ3v) is 6.31. The number of nitrogens with one attached hydrogen (secondary N) is 4. The van der Waals surface area contributed by atoms with Gasteiger partial charge in [0.1, 0.15) is 6.04 Å². The predicted octanol–water partition coefficient (Wildman–Crippen LogP) is 4.02. The Balaban J connectivity index is 4.79. The lowest BCUT2D eigenvalue weighted by Crippen LogP contribution is -2.51. The van der Waals surface area contributed by atoms with Gasteiger partial charge in [0, 0.05) is 19.4 Å². The van der Waals surface area contributed by atoms with Gasteiger partial charge in [-0.1, -0.05) is 46.5 Å². The molecule has 0 aromatic carbocycles. The second-order valence-corrected chi connectivity index (χ2v) is 10.3. The molecule has 0 aliphatic carbocycles. The van der Waals surface area contributed by atoms with Crippen molar-refractivity contribution in [1.82, 2.24) is 21.3 Å². The van der Waals surface area contributed by atoms with Crippen LogP contribution in [0.2, 0.25) is 0 Å². The van der Waals surface area contributed by atoms with Crippen molar-refractivity contribution in [3.05, 3.63) is 0 Å². The molecule has 0 rings (SSSR count). The van der Waals surface area contributed by atoms with Crippen LogP contribution >= 0.6 is 0 Å². The van der Waals surface area contributed by atoms with E-state index in [4.69, 9.17) is 0 Å². The SMILES string of the molecule is CCCCCC(=O)NCCCCC(NC(=O)CCCCC(C)C)C(=O)NC(CCCCNC)C(C)=O. The number of hydrogen-bond acceptors (Lipinski definition) is 5. The van der Waals surface area contributed by atoms with Gasteiger partial charge in [0.05, 0.1) is 6.04 Å². The summed E-state index contributed by atoms with van der Waals surface area (Å²) in [4.78, 5) is 49.6. The van der Waals surface area contributed by atoms with E-state index in [1.165, 1.54) is 6.92 Å². The quantitative estimate of drug-likeness (QED) is 0.155. The Labute approximate surface area is 219 Å². The highest BCUT2D eigenvalue weighted by Crippen LogP contribution is 2.10. The molecule has 0 fully saturated rings. The van der Waals surface area contributed by atoms with E-state index in [1.54, 1.807) is 0 Å². The Hall–Kier alpha value is -1.96. The molecule has 0 spiro atoms. The van der Waals surface area contributed by atoms with Gasteiger partial charge in [0.2, 0.25) is 17.7 Å². The molecular weight excluding hydrogens is 456 g/mol. The minimum atomic E-state index is -0.679. The maximum Gasteiger partial charge on any atom is 0.243 e. The van der Waals surface area contributed by atoms with Gasteiger partial charge in [0.25, 0.3) is 0 Å². The third-order valence-electron chi connectivity index (χ3n) is 6.31. The molecule has 0 aromatic rings. The average Bonchev–Trinajstić information content (AvgIpc) is 2.82. The number of Topliss-reactive ketones (excluding diaryl/α,β-unsaturated/α-hetero) is 1. The summed E-state index contributed by atoms with van der Waals surface area (Å²) in [7, 11) is 1.89. The second kappa shape index (κ2) is 22.3. The maximum atomic E-state index is 13.1. The summed E-state index contributed by atoms with van der Waals surface area (Å²) in [6.45, 7) is 9.36. The van der Waals surface area contributed by atoms with Gasteiger partial charge >= 0.3 is 0 Å². The number of unbranched alkanes of at least 4 members (excludes halogenated alkanes) is 5. The van der Waals surface area contributed by atoms with Crippen molar-refractivity contribution in [2.24, 2.45) is 5.92 Å². The standard InChI is InChI=1S/C28H54N4O4/c1-6-7-8-18-26(34)30-21-14-12-17-25(31-27(35)19-10-9-15-22(2)3)28(36)32-24(23(4)33)16-11-13-20-29-5/h22,24-25,29H,6-21H2,1-5H3,(H,30,34)(H,31,35)(H,32,36). The van der Waals surface area contributed by atoms with Crippen LogP contribution < -0.4 is 21.3 Å². The molecule has 8 nitrogen and oxygen atoms in total. The highest BCUT2D eigenvalue weighted by molar-refractivity contribution is 5.92. The van der Waals surface area contributed by atoms with Crippen molar-refractivity contribution in [3.8, 4) is 0 Å². The van der Waals surface area contributed by atoms with E-state index in [1.807, 2.05) is 7.05 Å². The van der Waals surface area contributed by atoms with Crippen molar-refractivity contribution in [1.29, 1.82) is 0 Å². The normalized spacial score (nSPS) is 12.7. The Morgan fingerprint density at radius 2 is 1.25 bits per heavy atom. The van der Waals surface area contributed by atoms with Crippen LogP contribution in [0.15, 0.2) is 0 Å². The zero-order chi connectivity index (χ0) is 27.2. The zero-order valence-corrected chi connectivity index (χ0v) is 23.7. The summed E-state index contributed by atoms with van der Waals surface area (Å²) in [5.41, 5.74) is 0. The van der Waals surface area contributed by atoms with E-state index in [0.717, 1.165) is 64.3 Å². The summed E-state index contributed by atoms with van der Waals surface area (Å²) >= 11 is 0. The van der Waals surface area contributed by atoms with Crippen LogP contribution in [-0.2, 0) is 19.2 Å². The molecular formula is C28H54N4O4. The topological polar surface area (TPSA) is 116 Å². The van der Waals surface area contributed by atoms with Crippen molar-refractivity contribution < 1.29 is 19.2 Å². The highest BCUT2D eigenvalue weighted by Gasteiger charge is 2.24. The van der Waals surface area contributed by atoms with Crippen LogP contribution in [-0.4, -0.2) is 55.7 Å². The van der Waals surface area contributed by atoms with Gasteiger partial charge < -0.3 is 21.3 Å². The number of ketones is 1. The van der Waals surface area contributed by atoms with Crippen LogP contribution in [0.3, 0.4) is 0 Å². The number of hydrogen-bond donors (Lipinski definition) is 4. The van der Waals surface area contributed by atoms with Crippen LogP contribution in [0, 0.1) is 5.92 Å². The number of rotatable bonds is 23. The molecule has 2 unspecified atom stereocenters. The largest absolute Gasteiger partial charge is 0.356 e. The highest BCUT2D eigenvalue weighted by atomic mass is 16.2. The smallest absolute Gasteiger partial charge is 0.243 e. The molecule has 0 saturated heterocycles. The predicted molar refractivity (Wildman–Crippen MR) is 147 cm³/mol. The molecule has 4 N–H and O–H groups in total. The molecule has 2 atom stereocenters. The van der Waals surface area contributed by atoms with Crippen molar-refractivity contribution >= 4 is 23.5 Å². The fourth-order valence-electron chi connectivity index (χ4n) is 4.00. The van der Waals surface area contributed by atoms with E-state index in [9.17, 15) is 19.2 Å². The van der Waals surface area contributed by atoms with E-state index < -0.39 is 12.1 Å². The zero-order valence-electron chi connectivity index (χ0n) is 23.7. The maximum absolute atomic E-state index is 13.1. The Kier molecular flexibility index (Phi) is 21.0. The fraction of sp³-hybridized carbons (Fsp3) is 0.857. The van der Waals surface area contributed by atoms with E-state index in [-0.39, 0.29) is 23.5 Å². The minimum Gasteiger partial charge on any atom is -0.356 e. The monoisotopic (exact) mass is 510 g/mol. The van der Waals surface area contributed by atoms with Gasteiger partial charge in [-0.05, 0) is 77.8 Å². The number of carbonyl (C=O) groups excluding carboxylic acids is 4. The van der Waals surface area contributed by atoms with E-state index >= 15 is 0 Å². The summed E-state index contributed by atoms with van der Waals surface area (Å²) in [5, 5.41) is 11.8. The molecule has 3 amide bonds. The lowest BCUT2D eigenvalue weighted by Gasteiger charge is -2.22. The molecule has 36 heavy (non-hydrogen) atoms. The summed E-state index contributed by atoms with van der Waals surface area (Å²) < 4.78 is 0. The van der Waals surface area contributed by atoms with Gasteiger partial charge in [-0.2, -0.15) is 0 Å². The first-order chi connectivity index (χ1) is 17.2. The summed E-state index contributed by atoms with van der Waals surface area (Å²) in [6.07, 6.45) is 11.1. The molecule has 0 bridgehead atoms. The van der Waals surface area contributed by atoms with E-state index in [2.05, 4.69) is 42.0 Å². The fourth-order valence-corrected chi connectivity index (χ4v) is 4.00. The Bertz CT molecular complexity index is 625. The van der Waals surface area contributed by atoms with Crippen molar-refractivity contribution in [3.63, 3.8) is 0 Å². The first kappa shape index (κ1) is 34.0. The van der Waals surface area contributed by atoms with Crippen LogP contribution in [0.1, 0.15) is 118 Å². The summed E-state index contributed by atoms with van der Waals surface area (Å²) in [5.74, 6) is 0.169. The van der Waals surface area contributed by atoms with Crippen molar-refractivity contribution in [2.75, 3.05) is 20.1 Å². The van der Waals surface area contributed by atoms with Gasteiger partial charge in [-0.15, -0.1) is 0 Å². The molecule has 0 aliphatic heterocycles. The first-order valence-electron chi connectivity index (χ1n) is 14.2. The number of amides is 3. The molecule has 0 heterocycles. The van der Waals surface area contributed by atoms with Crippen LogP contribution in [0.4, 0.5) is 0 Å². The van der Waals surface area contributed by atoms with Crippen LogP contribution in [0.5, 0.6) is 0 Å². The van der Waals surface area contributed by atoms with Gasteiger partial charge in [0.15, 0.2) is 5.78 Å². The Morgan fingerprint density at radius 3 is 1.86 bits per heavy atom. The summed E-state index contributed by atoms with van der Waals surface area (Å²) in [6, 6.07) is -1.22. The van der Waals surface area contributed by atoms with Gasteiger partial charge in [-0.25, -0.2) is 0 Å². The molecule has 8 heteroatoms. The molecule has 0 radical (unpaired) electrons. The average molecular weight is 511 g/mol. The molecule has 0 saturated carbocycles. The molecule has 210 valence electrons. The third kappa shape index (κ3) is 19.3. The second-order valence-electron chi connectivity index (χ2n) is 10.3. The minimum absolute atomic E-state index is 0.0648. The Morgan fingerprint density at radius 1 is 0.667 bits per heavy atom. The van der Waals surface area contributed by atoms with Crippen LogP contribution in [0.25, 0.3) is 0 Å². The lowest BCUT2D eigenvalue weighted by atomic mass is 10.0. The number of carbonyl (C=O) groups is 4. The van der Waals surface area contributed by atoms with Gasteiger partial charge in [-0.3, -0.25) is 19.2 Å². The van der Waals surface area contributed by atoms with Crippen molar-refractivity contribution in [2.45, 2.75) is 130 Å². The van der Waals surface area contributed by atoms with E-state index in [0.29, 0.717) is 44.6 Å².